The monoisotopic (exact) mass is 419 g/mol. The molecule has 0 unspecified atom stereocenters. The van der Waals surface area contributed by atoms with E-state index in [1.165, 1.54) is 12.1 Å². The highest BCUT2D eigenvalue weighted by molar-refractivity contribution is 8.26. The molecule has 1 fully saturated rings. The topological polar surface area (TPSA) is 94.9 Å². The van der Waals surface area contributed by atoms with Crippen LogP contribution in [0.15, 0.2) is 23.1 Å². The van der Waals surface area contributed by atoms with E-state index in [1.807, 2.05) is 0 Å². The fraction of sp³-hybridized carbons (Fsp3) is 0.200. The Bertz CT molecular complexity index is 796. The zero-order valence-corrected chi connectivity index (χ0v) is 15.6. The van der Waals surface area contributed by atoms with E-state index in [-0.39, 0.29) is 15.6 Å². The number of nitrogens with zero attached hydrogens (tertiary/aromatic N) is 1. The van der Waals surface area contributed by atoms with E-state index >= 15 is 0 Å². The lowest BCUT2D eigenvalue weighted by atomic mass is 10.1. The van der Waals surface area contributed by atoms with Crippen molar-refractivity contribution in [3.05, 3.63) is 38.7 Å². The van der Waals surface area contributed by atoms with Gasteiger partial charge in [0, 0.05) is 16.5 Å². The zero-order valence-electron chi connectivity index (χ0n) is 12.4. The van der Waals surface area contributed by atoms with Crippen molar-refractivity contribution < 1.29 is 24.6 Å². The number of carboxylic acids is 2. The molecule has 6 nitrogen and oxygen atoms in total. The maximum atomic E-state index is 12.6. The van der Waals surface area contributed by atoms with Crippen LogP contribution in [0.1, 0.15) is 18.4 Å². The average Bonchev–Trinajstić information content (AvgIpc) is 2.77. The number of thioether (sulfide) groups is 1. The summed E-state index contributed by atoms with van der Waals surface area (Å²) in [5, 5.41) is 18.8. The predicted octanol–water partition coefficient (Wildman–Crippen LogP) is 3.51. The van der Waals surface area contributed by atoms with Crippen LogP contribution in [0.3, 0.4) is 0 Å². The highest BCUT2D eigenvalue weighted by atomic mass is 35.5. The number of hydrogen-bond acceptors (Lipinski definition) is 5. The molecule has 0 bridgehead atoms. The second-order valence-electron chi connectivity index (χ2n) is 5.00. The molecule has 0 aromatic heterocycles. The Morgan fingerprint density at radius 1 is 1.32 bits per heavy atom. The maximum absolute atomic E-state index is 12.6. The maximum Gasteiger partial charge on any atom is 0.326 e. The van der Waals surface area contributed by atoms with E-state index in [2.05, 4.69) is 0 Å². The molecule has 2 N–H and O–H groups in total. The van der Waals surface area contributed by atoms with Gasteiger partial charge in [0.1, 0.15) is 10.4 Å². The molecule has 2 rings (SSSR count). The molecular weight excluding hydrogens is 409 g/mol. The first-order valence-electron chi connectivity index (χ1n) is 6.87. The van der Waals surface area contributed by atoms with Gasteiger partial charge in [0.2, 0.25) is 0 Å². The van der Waals surface area contributed by atoms with E-state index < -0.39 is 30.3 Å². The molecule has 1 saturated heterocycles. The molecule has 0 saturated carbocycles. The predicted molar refractivity (Wildman–Crippen MR) is 99.8 cm³/mol. The van der Waals surface area contributed by atoms with Gasteiger partial charge in [-0.1, -0.05) is 53.2 Å². The minimum Gasteiger partial charge on any atom is -0.481 e. The summed E-state index contributed by atoms with van der Waals surface area (Å²) in [6, 6.07) is 3.40. The molecule has 132 valence electrons. The van der Waals surface area contributed by atoms with Crippen LogP contribution in [-0.2, 0) is 14.4 Å². The third kappa shape index (κ3) is 4.72. The van der Waals surface area contributed by atoms with E-state index in [0.717, 1.165) is 16.7 Å². The van der Waals surface area contributed by atoms with Gasteiger partial charge in [0.25, 0.3) is 5.91 Å². The van der Waals surface area contributed by atoms with Crippen molar-refractivity contribution >= 4 is 75.4 Å². The lowest BCUT2D eigenvalue weighted by Gasteiger charge is -2.22. The Morgan fingerprint density at radius 2 is 2.00 bits per heavy atom. The molecule has 1 amide bonds. The van der Waals surface area contributed by atoms with Crippen molar-refractivity contribution in [2.24, 2.45) is 0 Å². The molecule has 1 atom stereocenters. The van der Waals surface area contributed by atoms with Gasteiger partial charge < -0.3 is 10.2 Å². The van der Waals surface area contributed by atoms with Crippen LogP contribution >= 0.6 is 47.2 Å². The third-order valence-corrected chi connectivity index (χ3v) is 5.19. The SMILES string of the molecule is O=C(O)CC[C@@H](C(=O)O)N1C(=O)/C(=C\c2ccc(Cl)cc2Cl)SC1=S. The van der Waals surface area contributed by atoms with Gasteiger partial charge in [-0.05, 0) is 30.2 Å². The van der Waals surface area contributed by atoms with Crippen molar-refractivity contribution in [2.75, 3.05) is 0 Å². The van der Waals surface area contributed by atoms with E-state index in [1.54, 1.807) is 12.1 Å². The molecular formula is C15H11Cl2NO5S2. The summed E-state index contributed by atoms with van der Waals surface area (Å²) in [5.74, 6) is -3.07. The minimum absolute atomic E-state index is 0.0547. The van der Waals surface area contributed by atoms with E-state index in [9.17, 15) is 19.5 Å². The molecule has 25 heavy (non-hydrogen) atoms. The van der Waals surface area contributed by atoms with Gasteiger partial charge in [-0.2, -0.15) is 0 Å². The Balaban J connectivity index is 2.30. The highest BCUT2D eigenvalue weighted by Crippen LogP contribution is 2.36. The van der Waals surface area contributed by atoms with Gasteiger partial charge in [0.15, 0.2) is 0 Å². The summed E-state index contributed by atoms with van der Waals surface area (Å²) in [6.07, 6.45) is 0.857. The standard InChI is InChI=1S/C15H11Cl2NO5S2/c16-8-2-1-7(9(17)6-8)5-11-13(21)18(15(24)25-11)10(14(22)23)3-4-12(19)20/h1-2,5-6,10H,3-4H2,(H,19,20)(H,22,23)/b11-5+/t10-/m0/s1. The fourth-order valence-electron chi connectivity index (χ4n) is 2.13. The Labute approximate surface area is 162 Å². The molecule has 1 aliphatic heterocycles. The van der Waals surface area contributed by atoms with Gasteiger partial charge in [-0.15, -0.1) is 0 Å². The fourth-order valence-corrected chi connectivity index (χ4v) is 3.94. The molecule has 0 radical (unpaired) electrons. The summed E-state index contributed by atoms with van der Waals surface area (Å²) >= 11 is 17.9. The van der Waals surface area contributed by atoms with Gasteiger partial charge in [0.05, 0.1) is 4.91 Å². The van der Waals surface area contributed by atoms with Gasteiger partial charge in [-0.25, -0.2) is 4.79 Å². The average molecular weight is 420 g/mol. The molecule has 1 heterocycles. The molecule has 1 aromatic rings. The van der Waals surface area contributed by atoms with Gasteiger partial charge >= 0.3 is 11.9 Å². The van der Waals surface area contributed by atoms with E-state index in [0.29, 0.717) is 15.6 Å². The number of hydrogen-bond donors (Lipinski definition) is 2. The minimum atomic E-state index is -1.34. The number of carboxylic acid groups (broad SMARTS) is 2. The largest absolute Gasteiger partial charge is 0.481 e. The van der Waals surface area contributed by atoms with Crippen LogP contribution < -0.4 is 0 Å². The second-order valence-corrected chi connectivity index (χ2v) is 7.52. The van der Waals surface area contributed by atoms with Crippen LogP contribution in [0.25, 0.3) is 6.08 Å². The number of carbonyl (C=O) groups is 3. The van der Waals surface area contributed by atoms with Crippen LogP contribution in [0, 0.1) is 0 Å². The van der Waals surface area contributed by atoms with Crippen LogP contribution in [0.2, 0.25) is 10.0 Å². The lowest BCUT2D eigenvalue weighted by molar-refractivity contribution is -0.146. The number of amides is 1. The number of carbonyl (C=O) groups excluding carboxylic acids is 1. The van der Waals surface area contributed by atoms with Crippen LogP contribution in [-0.4, -0.2) is 43.3 Å². The lowest BCUT2D eigenvalue weighted by Crippen LogP contribution is -2.44. The van der Waals surface area contributed by atoms with Gasteiger partial charge in [-0.3, -0.25) is 14.5 Å². The first-order valence-corrected chi connectivity index (χ1v) is 8.85. The van der Waals surface area contributed by atoms with Crippen molar-refractivity contribution in [1.82, 2.24) is 4.90 Å². The van der Waals surface area contributed by atoms with Crippen LogP contribution in [0.4, 0.5) is 0 Å². The Morgan fingerprint density at radius 3 is 2.56 bits per heavy atom. The number of halogens is 2. The van der Waals surface area contributed by atoms with Crippen molar-refractivity contribution in [1.29, 1.82) is 0 Å². The molecule has 1 aliphatic rings. The summed E-state index contributed by atoms with van der Waals surface area (Å²) in [4.78, 5) is 35.8. The first kappa shape index (κ1) is 19.7. The second kappa shape index (κ2) is 8.18. The molecule has 0 spiro atoms. The number of thiocarbonyl (C=S) groups is 1. The van der Waals surface area contributed by atoms with Crippen molar-refractivity contribution in [3.8, 4) is 0 Å². The summed E-state index contributed by atoms with van der Waals surface area (Å²) in [7, 11) is 0. The van der Waals surface area contributed by atoms with Crippen LogP contribution in [0.5, 0.6) is 0 Å². The summed E-state index contributed by atoms with van der Waals surface area (Å²) < 4.78 is 0.0547. The quantitative estimate of drug-likeness (QED) is 0.537. The molecule has 1 aromatic carbocycles. The summed E-state index contributed by atoms with van der Waals surface area (Å²) in [5.41, 5.74) is 0.531. The summed E-state index contributed by atoms with van der Waals surface area (Å²) in [6.45, 7) is 0. The van der Waals surface area contributed by atoms with Crippen molar-refractivity contribution in [3.63, 3.8) is 0 Å². The normalized spacial score (nSPS) is 17.2. The smallest absolute Gasteiger partial charge is 0.326 e. The number of benzene rings is 1. The molecule has 10 heteroatoms. The zero-order chi connectivity index (χ0) is 18.7. The molecule has 0 aliphatic carbocycles. The Hall–Kier alpha value is -1.61. The first-order chi connectivity index (χ1) is 11.7. The number of rotatable bonds is 6. The third-order valence-electron chi connectivity index (χ3n) is 3.30. The highest BCUT2D eigenvalue weighted by Gasteiger charge is 2.40. The van der Waals surface area contributed by atoms with Crippen molar-refractivity contribution in [2.45, 2.75) is 18.9 Å². The number of aliphatic carboxylic acids is 2. The Kier molecular flexibility index (Phi) is 6.45. The van der Waals surface area contributed by atoms with E-state index in [4.69, 9.17) is 40.5 Å².